The van der Waals surface area contributed by atoms with Crippen LogP contribution in [0, 0.1) is 6.42 Å². The molecule has 0 saturated carbocycles. The summed E-state index contributed by atoms with van der Waals surface area (Å²) in [6, 6.07) is 0. The van der Waals surface area contributed by atoms with Crippen LogP contribution in [0.25, 0.3) is 0 Å². The van der Waals surface area contributed by atoms with Gasteiger partial charge in [0.15, 0.2) is 0 Å². The summed E-state index contributed by atoms with van der Waals surface area (Å²) in [4.78, 5) is 2.49. The summed E-state index contributed by atoms with van der Waals surface area (Å²) >= 11 is 0. The molecule has 8 heavy (non-hydrogen) atoms. The minimum absolute atomic E-state index is 1.23. The summed E-state index contributed by atoms with van der Waals surface area (Å²) in [6.45, 7) is 6.05. The fourth-order valence-electron chi connectivity index (χ4n) is 1.16. The number of hydrogen-bond acceptors (Lipinski definition) is 1. The van der Waals surface area contributed by atoms with E-state index in [-0.39, 0.29) is 0 Å². The van der Waals surface area contributed by atoms with Crippen LogP contribution < -0.4 is 0 Å². The van der Waals surface area contributed by atoms with Gasteiger partial charge >= 0.3 is 0 Å². The molecular weight excluding hydrogens is 98.1 g/mol. The van der Waals surface area contributed by atoms with Gasteiger partial charge in [0.25, 0.3) is 0 Å². The molecule has 1 nitrogen and oxygen atoms in total. The molecule has 0 N–H and O–H groups in total. The van der Waals surface area contributed by atoms with Gasteiger partial charge in [-0.05, 0) is 32.4 Å². The first-order chi connectivity index (χ1) is 3.93. The molecule has 1 heterocycles. The quantitative estimate of drug-likeness (QED) is 0.520. The third-order valence-electron chi connectivity index (χ3n) is 1.58. The molecule has 0 aromatic rings. The third-order valence-corrected chi connectivity index (χ3v) is 1.58. The standard InChI is InChI=1S/C7H14N/c1-2-5-8-6-3-4-7-8/h3H,2,4-7H2,1H3. The van der Waals surface area contributed by atoms with Gasteiger partial charge in [0.05, 0.1) is 0 Å². The van der Waals surface area contributed by atoms with E-state index in [1.54, 1.807) is 0 Å². The second kappa shape index (κ2) is 3.08. The van der Waals surface area contributed by atoms with Crippen LogP contribution in [0.3, 0.4) is 0 Å². The molecule has 47 valence electrons. The molecule has 0 amide bonds. The second-order valence-electron chi connectivity index (χ2n) is 2.38. The van der Waals surface area contributed by atoms with Gasteiger partial charge < -0.3 is 4.90 Å². The monoisotopic (exact) mass is 112 g/mol. The highest BCUT2D eigenvalue weighted by atomic mass is 15.1. The average molecular weight is 112 g/mol. The Morgan fingerprint density at radius 3 is 3.00 bits per heavy atom. The van der Waals surface area contributed by atoms with Gasteiger partial charge in [0, 0.05) is 6.54 Å². The Morgan fingerprint density at radius 1 is 1.62 bits per heavy atom. The van der Waals surface area contributed by atoms with Crippen molar-refractivity contribution in [2.75, 3.05) is 19.6 Å². The molecule has 0 aliphatic carbocycles. The van der Waals surface area contributed by atoms with Gasteiger partial charge in [-0.1, -0.05) is 6.92 Å². The van der Waals surface area contributed by atoms with Crippen molar-refractivity contribution in [3.63, 3.8) is 0 Å². The van der Waals surface area contributed by atoms with E-state index in [1.807, 2.05) is 0 Å². The number of nitrogens with zero attached hydrogens (tertiary/aromatic N) is 1. The molecule has 0 aromatic carbocycles. The Balaban J connectivity index is 2.06. The van der Waals surface area contributed by atoms with Gasteiger partial charge in [-0.25, -0.2) is 0 Å². The van der Waals surface area contributed by atoms with Gasteiger partial charge in [0.1, 0.15) is 0 Å². The van der Waals surface area contributed by atoms with Gasteiger partial charge in [-0.2, -0.15) is 0 Å². The van der Waals surface area contributed by atoms with Crippen LogP contribution in [0.5, 0.6) is 0 Å². The van der Waals surface area contributed by atoms with Crippen molar-refractivity contribution in [3.05, 3.63) is 6.42 Å². The zero-order valence-electron chi connectivity index (χ0n) is 5.56. The molecule has 1 saturated heterocycles. The van der Waals surface area contributed by atoms with Gasteiger partial charge in [-0.3, -0.25) is 0 Å². The Hall–Kier alpha value is -0.0400. The zero-order valence-corrected chi connectivity index (χ0v) is 5.56. The zero-order chi connectivity index (χ0) is 5.82. The molecule has 1 aliphatic rings. The van der Waals surface area contributed by atoms with Crippen molar-refractivity contribution < 1.29 is 0 Å². The lowest BCUT2D eigenvalue weighted by Crippen LogP contribution is -2.19. The molecule has 1 aliphatic heterocycles. The first kappa shape index (κ1) is 6.09. The highest BCUT2D eigenvalue weighted by Gasteiger charge is 2.08. The lowest BCUT2D eigenvalue weighted by Gasteiger charge is -2.11. The van der Waals surface area contributed by atoms with Crippen molar-refractivity contribution in [3.8, 4) is 0 Å². The minimum atomic E-state index is 1.23. The smallest absolute Gasteiger partial charge is 0.00133 e. The molecule has 0 atom stereocenters. The topological polar surface area (TPSA) is 3.24 Å². The second-order valence-corrected chi connectivity index (χ2v) is 2.38. The van der Waals surface area contributed by atoms with Gasteiger partial charge in [-0.15, -0.1) is 0 Å². The molecule has 0 aromatic heterocycles. The maximum absolute atomic E-state index is 2.49. The molecule has 1 heteroatoms. The first-order valence-corrected chi connectivity index (χ1v) is 3.47. The van der Waals surface area contributed by atoms with Crippen LogP contribution >= 0.6 is 0 Å². The fourth-order valence-corrected chi connectivity index (χ4v) is 1.16. The normalized spacial score (nSPS) is 22.1. The largest absolute Gasteiger partial charge is 0.303 e. The first-order valence-electron chi connectivity index (χ1n) is 3.47. The van der Waals surface area contributed by atoms with Gasteiger partial charge in [0.2, 0.25) is 0 Å². The molecule has 0 spiro atoms. The van der Waals surface area contributed by atoms with Crippen LogP contribution in [0.1, 0.15) is 19.8 Å². The number of rotatable bonds is 2. The number of likely N-dealkylation sites (tertiary alicyclic amines) is 1. The van der Waals surface area contributed by atoms with E-state index >= 15 is 0 Å². The van der Waals surface area contributed by atoms with Crippen molar-refractivity contribution in [1.82, 2.24) is 4.90 Å². The highest BCUT2D eigenvalue weighted by molar-refractivity contribution is 4.79. The maximum Gasteiger partial charge on any atom is 0.00133 e. The Labute approximate surface area is 51.7 Å². The van der Waals surface area contributed by atoms with Crippen molar-refractivity contribution in [2.24, 2.45) is 0 Å². The van der Waals surface area contributed by atoms with E-state index in [1.165, 1.54) is 32.5 Å². The molecule has 0 bridgehead atoms. The van der Waals surface area contributed by atoms with Crippen molar-refractivity contribution >= 4 is 0 Å². The molecule has 1 fully saturated rings. The lowest BCUT2D eigenvalue weighted by atomic mass is 10.4. The fraction of sp³-hybridized carbons (Fsp3) is 0.857. The summed E-state index contributed by atoms with van der Waals surface area (Å²) in [5.41, 5.74) is 0. The van der Waals surface area contributed by atoms with Crippen LogP contribution in [0.2, 0.25) is 0 Å². The average Bonchev–Trinajstić information content (AvgIpc) is 2.19. The van der Waals surface area contributed by atoms with Crippen LogP contribution in [-0.4, -0.2) is 24.5 Å². The summed E-state index contributed by atoms with van der Waals surface area (Å²) in [5.74, 6) is 0. The Bertz CT molecular complexity index is 55.4. The minimum Gasteiger partial charge on any atom is -0.303 e. The Morgan fingerprint density at radius 2 is 2.50 bits per heavy atom. The van der Waals surface area contributed by atoms with E-state index < -0.39 is 0 Å². The van der Waals surface area contributed by atoms with Crippen LogP contribution in [0.15, 0.2) is 0 Å². The predicted molar refractivity (Wildman–Crippen MR) is 35.6 cm³/mol. The van der Waals surface area contributed by atoms with Crippen LogP contribution in [0.4, 0.5) is 0 Å². The summed E-state index contributed by atoms with van der Waals surface area (Å²) < 4.78 is 0. The van der Waals surface area contributed by atoms with E-state index in [9.17, 15) is 0 Å². The van der Waals surface area contributed by atoms with Crippen molar-refractivity contribution in [2.45, 2.75) is 19.8 Å². The lowest BCUT2D eigenvalue weighted by molar-refractivity contribution is 0.345. The summed E-state index contributed by atoms with van der Waals surface area (Å²) in [6.07, 6.45) is 4.96. The maximum atomic E-state index is 2.49. The highest BCUT2D eigenvalue weighted by Crippen LogP contribution is 2.05. The van der Waals surface area contributed by atoms with E-state index in [2.05, 4.69) is 18.2 Å². The van der Waals surface area contributed by atoms with Crippen molar-refractivity contribution in [1.29, 1.82) is 0 Å². The molecular formula is C7H14N. The van der Waals surface area contributed by atoms with E-state index in [0.29, 0.717) is 0 Å². The summed E-state index contributed by atoms with van der Waals surface area (Å²) in [5, 5.41) is 0. The summed E-state index contributed by atoms with van der Waals surface area (Å²) in [7, 11) is 0. The molecule has 1 rings (SSSR count). The third kappa shape index (κ3) is 1.48. The van der Waals surface area contributed by atoms with E-state index in [4.69, 9.17) is 0 Å². The van der Waals surface area contributed by atoms with Crippen LogP contribution in [-0.2, 0) is 0 Å². The predicted octanol–water partition coefficient (Wildman–Crippen LogP) is 1.31. The number of hydrogen-bond donors (Lipinski definition) is 0. The Kier molecular flexibility index (Phi) is 2.34. The SMILES string of the molecule is CCCN1C[CH]CC1. The molecule has 0 unspecified atom stereocenters. The molecule has 1 radical (unpaired) electrons. The van der Waals surface area contributed by atoms with E-state index in [0.717, 1.165) is 0 Å².